The number of ether oxygens (including phenoxy) is 2. The fourth-order valence-electron chi connectivity index (χ4n) is 2.66. The number of nitrogens with one attached hydrogen (secondary N) is 2. The van der Waals surface area contributed by atoms with E-state index in [0.717, 1.165) is 45.1 Å². The first-order valence-corrected chi connectivity index (χ1v) is 7.73. The van der Waals surface area contributed by atoms with E-state index >= 15 is 0 Å². The van der Waals surface area contributed by atoms with Gasteiger partial charge in [0.25, 0.3) is 0 Å². The molecule has 0 aromatic carbocycles. The Balaban J connectivity index is 1.44. The largest absolute Gasteiger partial charge is 0.379 e. The Morgan fingerprint density at radius 1 is 1.25 bits per heavy atom. The van der Waals surface area contributed by atoms with Gasteiger partial charge in [-0.2, -0.15) is 0 Å². The second-order valence-corrected chi connectivity index (χ2v) is 5.72. The summed E-state index contributed by atoms with van der Waals surface area (Å²) in [7, 11) is 0. The highest BCUT2D eigenvalue weighted by molar-refractivity contribution is 5.74. The SMILES string of the molecule is NC1CCC(OCCCNC(=O)NC2CCOC2)CC1. The van der Waals surface area contributed by atoms with Gasteiger partial charge in [-0.15, -0.1) is 0 Å². The van der Waals surface area contributed by atoms with Crippen molar-refractivity contribution in [1.82, 2.24) is 10.6 Å². The zero-order valence-electron chi connectivity index (χ0n) is 12.1. The molecule has 0 bridgehead atoms. The minimum absolute atomic E-state index is 0.107. The minimum Gasteiger partial charge on any atom is -0.379 e. The Bertz CT molecular complexity index is 287. The summed E-state index contributed by atoms with van der Waals surface area (Å²) in [5.74, 6) is 0. The number of hydrogen-bond donors (Lipinski definition) is 3. The normalized spacial score (nSPS) is 30.1. The van der Waals surface area contributed by atoms with Crippen molar-refractivity contribution in [1.29, 1.82) is 0 Å². The molecular formula is C14H27N3O3. The van der Waals surface area contributed by atoms with Crippen molar-refractivity contribution in [2.24, 2.45) is 5.73 Å². The molecule has 0 aromatic rings. The van der Waals surface area contributed by atoms with E-state index in [9.17, 15) is 4.79 Å². The van der Waals surface area contributed by atoms with Crippen molar-refractivity contribution in [3.8, 4) is 0 Å². The first-order valence-electron chi connectivity index (χ1n) is 7.73. The van der Waals surface area contributed by atoms with E-state index in [2.05, 4.69) is 10.6 Å². The quantitative estimate of drug-likeness (QED) is 0.629. The molecule has 6 nitrogen and oxygen atoms in total. The number of nitrogens with two attached hydrogens (primary N) is 1. The molecule has 0 radical (unpaired) electrons. The number of urea groups is 1. The summed E-state index contributed by atoms with van der Waals surface area (Å²) in [6.07, 6.45) is 6.37. The monoisotopic (exact) mass is 285 g/mol. The molecule has 1 saturated heterocycles. The van der Waals surface area contributed by atoms with Crippen molar-refractivity contribution in [2.45, 2.75) is 56.7 Å². The van der Waals surface area contributed by atoms with Gasteiger partial charge in [-0.3, -0.25) is 0 Å². The lowest BCUT2D eigenvalue weighted by Gasteiger charge is -2.26. The lowest BCUT2D eigenvalue weighted by atomic mass is 9.94. The first-order chi connectivity index (χ1) is 9.74. The highest BCUT2D eigenvalue weighted by Gasteiger charge is 2.19. The predicted molar refractivity (Wildman–Crippen MR) is 76.6 cm³/mol. The van der Waals surface area contributed by atoms with Gasteiger partial charge < -0.3 is 25.8 Å². The molecule has 2 aliphatic rings. The van der Waals surface area contributed by atoms with Gasteiger partial charge in [0, 0.05) is 25.8 Å². The Morgan fingerprint density at radius 3 is 2.75 bits per heavy atom. The highest BCUT2D eigenvalue weighted by Crippen LogP contribution is 2.19. The standard InChI is InChI=1S/C14H27N3O3/c15-11-2-4-13(5-3-11)20-8-1-7-16-14(18)17-12-6-9-19-10-12/h11-13H,1-10,15H2,(H2,16,17,18). The smallest absolute Gasteiger partial charge is 0.315 e. The molecule has 1 aliphatic carbocycles. The van der Waals surface area contributed by atoms with E-state index < -0.39 is 0 Å². The van der Waals surface area contributed by atoms with Crippen LogP contribution in [0.2, 0.25) is 0 Å². The number of carbonyl (C=O) groups excluding carboxylic acids is 1. The molecule has 1 saturated carbocycles. The average molecular weight is 285 g/mol. The van der Waals surface area contributed by atoms with Crippen LogP contribution in [0.4, 0.5) is 4.79 Å². The topological polar surface area (TPSA) is 85.6 Å². The number of carbonyl (C=O) groups is 1. The van der Waals surface area contributed by atoms with E-state index in [0.29, 0.717) is 31.9 Å². The van der Waals surface area contributed by atoms with Crippen LogP contribution in [-0.2, 0) is 9.47 Å². The second kappa shape index (κ2) is 8.44. The zero-order chi connectivity index (χ0) is 14.2. The first kappa shape index (κ1) is 15.5. The maximum Gasteiger partial charge on any atom is 0.315 e. The average Bonchev–Trinajstić information content (AvgIpc) is 2.93. The third-order valence-electron chi connectivity index (χ3n) is 3.94. The maximum absolute atomic E-state index is 11.6. The molecule has 2 amide bonds. The second-order valence-electron chi connectivity index (χ2n) is 5.72. The predicted octanol–water partition coefficient (Wildman–Crippen LogP) is 0.751. The van der Waals surface area contributed by atoms with E-state index in [4.69, 9.17) is 15.2 Å². The van der Waals surface area contributed by atoms with E-state index in [-0.39, 0.29) is 12.1 Å². The van der Waals surface area contributed by atoms with Crippen molar-refractivity contribution in [2.75, 3.05) is 26.4 Å². The summed E-state index contributed by atoms with van der Waals surface area (Å²) in [6, 6.07) is 0.418. The molecular weight excluding hydrogens is 258 g/mol. The van der Waals surface area contributed by atoms with Crippen LogP contribution >= 0.6 is 0 Å². The van der Waals surface area contributed by atoms with E-state index in [1.54, 1.807) is 0 Å². The molecule has 20 heavy (non-hydrogen) atoms. The number of hydrogen-bond acceptors (Lipinski definition) is 4. The number of amides is 2. The van der Waals surface area contributed by atoms with Gasteiger partial charge in [-0.1, -0.05) is 0 Å². The van der Waals surface area contributed by atoms with Crippen molar-refractivity contribution >= 4 is 6.03 Å². The van der Waals surface area contributed by atoms with Crippen molar-refractivity contribution < 1.29 is 14.3 Å². The molecule has 2 rings (SSSR count). The summed E-state index contributed by atoms with van der Waals surface area (Å²) in [4.78, 5) is 11.6. The van der Waals surface area contributed by atoms with E-state index in [1.807, 2.05) is 0 Å². The van der Waals surface area contributed by atoms with Gasteiger partial charge in [0.1, 0.15) is 0 Å². The van der Waals surface area contributed by atoms with Crippen molar-refractivity contribution in [3.05, 3.63) is 0 Å². The van der Waals surface area contributed by atoms with Crippen LogP contribution in [0.15, 0.2) is 0 Å². The van der Waals surface area contributed by atoms with Gasteiger partial charge in [0.2, 0.25) is 0 Å². The van der Waals surface area contributed by atoms with Crippen LogP contribution in [0.25, 0.3) is 0 Å². The molecule has 1 aliphatic heterocycles. The highest BCUT2D eigenvalue weighted by atomic mass is 16.5. The fourth-order valence-corrected chi connectivity index (χ4v) is 2.66. The Labute approximate surface area is 120 Å². The van der Waals surface area contributed by atoms with Crippen LogP contribution in [0.5, 0.6) is 0 Å². The summed E-state index contributed by atoms with van der Waals surface area (Å²) in [6.45, 7) is 2.71. The molecule has 1 atom stereocenters. The van der Waals surface area contributed by atoms with Gasteiger partial charge in [0.05, 0.1) is 18.8 Å². The van der Waals surface area contributed by atoms with Crippen molar-refractivity contribution in [3.63, 3.8) is 0 Å². The van der Waals surface area contributed by atoms with Crippen LogP contribution < -0.4 is 16.4 Å². The van der Waals surface area contributed by atoms with Crippen LogP contribution in [-0.4, -0.2) is 50.6 Å². The lowest BCUT2D eigenvalue weighted by Crippen LogP contribution is -2.42. The summed E-state index contributed by atoms with van der Waals surface area (Å²) in [5, 5.41) is 5.74. The summed E-state index contributed by atoms with van der Waals surface area (Å²) < 4.78 is 11.0. The Kier molecular flexibility index (Phi) is 6.56. The van der Waals surface area contributed by atoms with E-state index in [1.165, 1.54) is 0 Å². The van der Waals surface area contributed by atoms with Gasteiger partial charge in [-0.25, -0.2) is 4.79 Å². The molecule has 6 heteroatoms. The minimum atomic E-state index is -0.107. The zero-order valence-corrected chi connectivity index (χ0v) is 12.1. The third-order valence-corrected chi connectivity index (χ3v) is 3.94. The molecule has 2 fully saturated rings. The fraction of sp³-hybridized carbons (Fsp3) is 0.929. The molecule has 116 valence electrons. The van der Waals surface area contributed by atoms with Crippen LogP contribution in [0, 0.1) is 0 Å². The van der Waals surface area contributed by atoms with Gasteiger partial charge in [0.15, 0.2) is 0 Å². The van der Waals surface area contributed by atoms with Gasteiger partial charge in [-0.05, 0) is 38.5 Å². The molecule has 1 unspecified atom stereocenters. The summed E-state index contributed by atoms with van der Waals surface area (Å²) >= 11 is 0. The molecule has 0 spiro atoms. The third kappa shape index (κ3) is 5.64. The molecule has 4 N–H and O–H groups in total. The lowest BCUT2D eigenvalue weighted by molar-refractivity contribution is 0.0243. The Morgan fingerprint density at radius 2 is 2.05 bits per heavy atom. The maximum atomic E-state index is 11.6. The molecule has 0 aromatic heterocycles. The van der Waals surface area contributed by atoms with Gasteiger partial charge >= 0.3 is 6.03 Å². The Hall–Kier alpha value is -0.850. The van der Waals surface area contributed by atoms with Crippen LogP contribution in [0.1, 0.15) is 38.5 Å². The number of rotatable bonds is 6. The molecule has 1 heterocycles. The summed E-state index contributed by atoms with van der Waals surface area (Å²) in [5.41, 5.74) is 5.85. The van der Waals surface area contributed by atoms with Crippen LogP contribution in [0.3, 0.4) is 0 Å².